The second-order valence-electron chi connectivity index (χ2n) is 4.67. The van der Waals surface area contributed by atoms with Crippen molar-refractivity contribution in [3.05, 3.63) is 30.1 Å². The van der Waals surface area contributed by atoms with Gasteiger partial charge in [0.1, 0.15) is 10.7 Å². The van der Waals surface area contributed by atoms with Crippen LogP contribution in [-0.2, 0) is 10.0 Å². The summed E-state index contributed by atoms with van der Waals surface area (Å²) in [6.45, 7) is 0.225. The molecule has 106 valence electrons. The summed E-state index contributed by atoms with van der Waals surface area (Å²) in [5, 5.41) is 0. The monoisotopic (exact) mass is 305 g/mol. The highest BCUT2D eigenvalue weighted by Crippen LogP contribution is 2.29. The molecule has 0 spiro atoms. The van der Waals surface area contributed by atoms with Crippen LogP contribution in [0.1, 0.15) is 25.7 Å². The molecule has 1 aromatic rings. The summed E-state index contributed by atoms with van der Waals surface area (Å²) in [6.07, 6.45) is 3.67. The Hall–Kier alpha value is -0.650. The largest absolute Gasteiger partial charge is 0.246 e. The first-order valence-corrected chi connectivity index (χ1v) is 8.37. The molecule has 1 aliphatic rings. The Bertz CT molecular complexity index is 529. The maximum Gasteiger partial charge on any atom is 0.246 e. The number of halogens is 2. The molecule has 6 heteroatoms. The predicted molar refractivity (Wildman–Crippen MR) is 73.3 cm³/mol. The molecule has 1 aliphatic carbocycles. The first-order chi connectivity index (χ1) is 9.07. The van der Waals surface area contributed by atoms with Crippen LogP contribution in [0.25, 0.3) is 0 Å². The Morgan fingerprint density at radius 3 is 2.47 bits per heavy atom. The van der Waals surface area contributed by atoms with Crippen LogP contribution >= 0.6 is 11.6 Å². The van der Waals surface area contributed by atoms with Gasteiger partial charge in [-0.2, -0.15) is 4.31 Å². The van der Waals surface area contributed by atoms with Gasteiger partial charge < -0.3 is 0 Å². The van der Waals surface area contributed by atoms with Gasteiger partial charge in [-0.25, -0.2) is 12.8 Å². The Morgan fingerprint density at radius 2 is 1.89 bits per heavy atom. The van der Waals surface area contributed by atoms with Gasteiger partial charge in [0.25, 0.3) is 0 Å². The fraction of sp³-hybridized carbons (Fsp3) is 0.538. The van der Waals surface area contributed by atoms with Crippen LogP contribution in [0.2, 0.25) is 0 Å². The lowest BCUT2D eigenvalue weighted by molar-refractivity contribution is 0.335. The third-order valence-corrected chi connectivity index (χ3v) is 5.61. The standard InChI is InChI=1S/C13H17ClFNO2S/c14-9-10-16(11-5-1-2-6-11)19(17,18)13-8-4-3-7-12(13)15/h3-4,7-8,11H,1-2,5-6,9-10H2. The number of hydrogen-bond acceptors (Lipinski definition) is 2. The highest BCUT2D eigenvalue weighted by atomic mass is 35.5. The van der Waals surface area contributed by atoms with Gasteiger partial charge in [0.2, 0.25) is 10.0 Å². The number of benzene rings is 1. The average Bonchev–Trinajstić information content (AvgIpc) is 2.89. The topological polar surface area (TPSA) is 37.4 Å². The first kappa shape index (κ1) is 14.8. The van der Waals surface area contributed by atoms with Gasteiger partial charge in [0, 0.05) is 18.5 Å². The number of alkyl halides is 1. The Balaban J connectivity index is 2.36. The van der Waals surface area contributed by atoms with E-state index in [4.69, 9.17) is 11.6 Å². The number of rotatable bonds is 5. The maximum absolute atomic E-state index is 13.7. The first-order valence-electron chi connectivity index (χ1n) is 6.39. The lowest BCUT2D eigenvalue weighted by Crippen LogP contribution is -2.40. The van der Waals surface area contributed by atoms with Crippen LogP contribution < -0.4 is 0 Å². The highest BCUT2D eigenvalue weighted by Gasteiger charge is 2.34. The lowest BCUT2D eigenvalue weighted by atomic mass is 10.2. The van der Waals surface area contributed by atoms with Crippen molar-refractivity contribution in [3.63, 3.8) is 0 Å². The van der Waals surface area contributed by atoms with E-state index in [1.807, 2.05) is 0 Å². The second kappa shape index (κ2) is 6.20. The number of hydrogen-bond donors (Lipinski definition) is 0. The van der Waals surface area contributed by atoms with Crippen molar-refractivity contribution in [1.29, 1.82) is 0 Å². The minimum atomic E-state index is -3.80. The molecule has 0 heterocycles. The molecule has 3 nitrogen and oxygen atoms in total. The SMILES string of the molecule is O=S(=O)(c1ccccc1F)N(CCCl)C1CCCC1. The average molecular weight is 306 g/mol. The molecule has 0 N–H and O–H groups in total. The van der Waals surface area contributed by atoms with E-state index >= 15 is 0 Å². The van der Waals surface area contributed by atoms with E-state index in [2.05, 4.69) is 0 Å². The molecule has 0 amide bonds. The highest BCUT2D eigenvalue weighted by molar-refractivity contribution is 7.89. The molecule has 0 unspecified atom stereocenters. The summed E-state index contributed by atoms with van der Waals surface area (Å²) < 4.78 is 40.2. The summed E-state index contributed by atoms with van der Waals surface area (Å²) in [4.78, 5) is -0.257. The summed E-state index contributed by atoms with van der Waals surface area (Å²) in [5.41, 5.74) is 0. The predicted octanol–water partition coefficient (Wildman–Crippen LogP) is 3.00. The zero-order valence-electron chi connectivity index (χ0n) is 10.6. The Kier molecular flexibility index (Phi) is 4.81. The summed E-state index contributed by atoms with van der Waals surface area (Å²) in [5.74, 6) is -0.496. The van der Waals surface area contributed by atoms with Crippen molar-refractivity contribution in [2.45, 2.75) is 36.6 Å². The van der Waals surface area contributed by atoms with Crippen LogP contribution in [0.5, 0.6) is 0 Å². The van der Waals surface area contributed by atoms with Crippen molar-refractivity contribution < 1.29 is 12.8 Å². The second-order valence-corrected chi connectivity index (χ2v) is 6.91. The molecule has 0 saturated heterocycles. The Labute approximate surface area is 118 Å². The molecule has 0 radical (unpaired) electrons. The van der Waals surface area contributed by atoms with Gasteiger partial charge in [-0.15, -0.1) is 11.6 Å². The fourth-order valence-electron chi connectivity index (χ4n) is 2.55. The minimum Gasteiger partial charge on any atom is -0.207 e. The third kappa shape index (κ3) is 3.09. The molecule has 0 atom stereocenters. The summed E-state index contributed by atoms with van der Waals surface area (Å²) in [6, 6.07) is 5.43. The normalized spacial score (nSPS) is 17.2. The van der Waals surface area contributed by atoms with Gasteiger partial charge in [-0.3, -0.25) is 0 Å². The van der Waals surface area contributed by atoms with E-state index in [1.54, 1.807) is 0 Å². The molecule has 1 aromatic carbocycles. The fourth-order valence-corrected chi connectivity index (χ4v) is 4.59. The van der Waals surface area contributed by atoms with Gasteiger partial charge in [0.05, 0.1) is 0 Å². The van der Waals surface area contributed by atoms with Gasteiger partial charge in [0.15, 0.2) is 0 Å². The van der Waals surface area contributed by atoms with Gasteiger partial charge >= 0.3 is 0 Å². The van der Waals surface area contributed by atoms with Crippen LogP contribution in [0.3, 0.4) is 0 Å². The number of nitrogens with zero attached hydrogens (tertiary/aromatic N) is 1. The third-order valence-electron chi connectivity index (χ3n) is 3.46. The van der Waals surface area contributed by atoms with E-state index < -0.39 is 15.8 Å². The van der Waals surface area contributed by atoms with Crippen molar-refractivity contribution in [2.75, 3.05) is 12.4 Å². The smallest absolute Gasteiger partial charge is 0.207 e. The van der Waals surface area contributed by atoms with Gasteiger partial charge in [-0.1, -0.05) is 25.0 Å². The quantitative estimate of drug-likeness (QED) is 0.784. The van der Waals surface area contributed by atoms with Crippen molar-refractivity contribution in [2.24, 2.45) is 0 Å². The Morgan fingerprint density at radius 1 is 1.26 bits per heavy atom. The molecule has 0 aromatic heterocycles. The molecule has 0 aliphatic heterocycles. The van der Waals surface area contributed by atoms with E-state index in [0.717, 1.165) is 25.7 Å². The molecule has 2 rings (SSSR count). The molecular formula is C13H17ClFNO2S. The lowest BCUT2D eigenvalue weighted by Gasteiger charge is -2.27. The number of sulfonamides is 1. The summed E-state index contributed by atoms with van der Waals surface area (Å²) >= 11 is 5.71. The van der Waals surface area contributed by atoms with Gasteiger partial charge in [-0.05, 0) is 25.0 Å². The molecule has 1 fully saturated rings. The molecule has 19 heavy (non-hydrogen) atoms. The van der Waals surface area contributed by atoms with E-state index in [-0.39, 0.29) is 23.4 Å². The van der Waals surface area contributed by atoms with Crippen LogP contribution in [0, 0.1) is 5.82 Å². The van der Waals surface area contributed by atoms with Crippen LogP contribution in [0.15, 0.2) is 29.2 Å². The summed E-state index contributed by atoms with van der Waals surface area (Å²) in [7, 11) is -3.80. The minimum absolute atomic E-state index is 0.0524. The van der Waals surface area contributed by atoms with Crippen molar-refractivity contribution >= 4 is 21.6 Å². The van der Waals surface area contributed by atoms with E-state index in [0.29, 0.717) is 0 Å². The van der Waals surface area contributed by atoms with Crippen molar-refractivity contribution in [1.82, 2.24) is 4.31 Å². The van der Waals surface area contributed by atoms with Crippen LogP contribution in [-0.4, -0.2) is 31.2 Å². The maximum atomic E-state index is 13.7. The van der Waals surface area contributed by atoms with E-state index in [9.17, 15) is 12.8 Å². The molecular weight excluding hydrogens is 289 g/mol. The zero-order valence-corrected chi connectivity index (χ0v) is 12.1. The zero-order chi connectivity index (χ0) is 13.9. The molecule has 1 saturated carbocycles. The van der Waals surface area contributed by atoms with Crippen molar-refractivity contribution in [3.8, 4) is 0 Å². The molecule has 0 bridgehead atoms. The van der Waals surface area contributed by atoms with Crippen LogP contribution in [0.4, 0.5) is 4.39 Å². The van der Waals surface area contributed by atoms with E-state index in [1.165, 1.54) is 28.6 Å².